The van der Waals surface area contributed by atoms with Gasteiger partial charge in [0.25, 0.3) is 5.91 Å². The van der Waals surface area contributed by atoms with Gasteiger partial charge in [-0.3, -0.25) is 9.78 Å². The highest BCUT2D eigenvalue weighted by Crippen LogP contribution is 2.29. The second-order valence-electron chi connectivity index (χ2n) is 8.83. The van der Waals surface area contributed by atoms with E-state index in [1.165, 1.54) is 47.2 Å². The molecule has 2 aliphatic rings. The van der Waals surface area contributed by atoms with Crippen LogP contribution in [0.1, 0.15) is 46.9 Å². The smallest absolute Gasteiger partial charge is 0.273 e. The molecule has 4 nitrogen and oxygen atoms in total. The van der Waals surface area contributed by atoms with Crippen molar-refractivity contribution in [2.24, 2.45) is 0 Å². The molecule has 0 radical (unpaired) electrons. The van der Waals surface area contributed by atoms with Crippen LogP contribution >= 0.6 is 0 Å². The van der Waals surface area contributed by atoms with Gasteiger partial charge in [0.15, 0.2) is 0 Å². The van der Waals surface area contributed by atoms with E-state index in [1.54, 1.807) is 12.3 Å². The minimum absolute atomic E-state index is 0.00461. The molecule has 2 aliphatic heterocycles. The van der Waals surface area contributed by atoms with Crippen LogP contribution in [0.15, 0.2) is 66.9 Å². The molecular weight excluding hydrogens is 382 g/mol. The number of likely N-dealkylation sites (tertiary alicyclic amines) is 1. The number of carbonyl (C=O) groups is 1. The first-order chi connectivity index (χ1) is 15.2. The third-order valence-electron chi connectivity index (χ3n) is 6.77. The molecule has 5 rings (SSSR count). The fourth-order valence-corrected chi connectivity index (χ4v) is 4.83. The van der Waals surface area contributed by atoms with E-state index in [4.69, 9.17) is 0 Å². The molecule has 1 aromatic heterocycles. The number of rotatable bonds is 5. The van der Waals surface area contributed by atoms with Crippen molar-refractivity contribution >= 4 is 5.91 Å². The molecule has 2 aromatic carbocycles. The number of fused-ring (bicyclic) bond motifs is 1. The molecule has 0 unspecified atom stereocenters. The number of nitrogens with zero attached hydrogens (tertiary/aromatic N) is 3. The molecule has 3 heterocycles. The predicted molar refractivity (Wildman–Crippen MR) is 124 cm³/mol. The lowest BCUT2D eigenvalue weighted by molar-refractivity contribution is 0.0745. The quantitative estimate of drug-likeness (QED) is 0.597. The Kier molecular flexibility index (Phi) is 5.56. The molecule has 31 heavy (non-hydrogen) atoms. The molecular formula is C27H29N3O. The van der Waals surface area contributed by atoms with E-state index >= 15 is 0 Å². The Labute approximate surface area is 184 Å². The van der Waals surface area contributed by atoms with Gasteiger partial charge in [-0.25, -0.2) is 0 Å². The first-order valence-corrected chi connectivity index (χ1v) is 11.3. The van der Waals surface area contributed by atoms with Crippen LogP contribution in [0.4, 0.5) is 0 Å². The van der Waals surface area contributed by atoms with Crippen molar-refractivity contribution in [2.45, 2.75) is 45.3 Å². The van der Waals surface area contributed by atoms with E-state index in [1.807, 2.05) is 17.0 Å². The summed E-state index contributed by atoms with van der Waals surface area (Å²) in [5, 5.41) is 0. The molecule has 1 saturated heterocycles. The van der Waals surface area contributed by atoms with Gasteiger partial charge in [0, 0.05) is 31.9 Å². The van der Waals surface area contributed by atoms with Crippen LogP contribution in [0.2, 0.25) is 0 Å². The van der Waals surface area contributed by atoms with Crippen molar-refractivity contribution in [1.29, 1.82) is 0 Å². The van der Waals surface area contributed by atoms with E-state index in [2.05, 4.69) is 59.3 Å². The first kappa shape index (κ1) is 20.0. The lowest BCUT2D eigenvalue weighted by Crippen LogP contribution is -2.28. The zero-order valence-corrected chi connectivity index (χ0v) is 18.1. The molecule has 0 bridgehead atoms. The highest BCUT2D eigenvalue weighted by molar-refractivity contribution is 5.92. The number of aromatic nitrogens is 1. The summed E-state index contributed by atoms with van der Waals surface area (Å²) < 4.78 is 0. The second kappa shape index (κ2) is 8.64. The normalized spacial score (nSPS) is 18.4. The largest absolute Gasteiger partial charge is 0.329 e. The summed E-state index contributed by atoms with van der Waals surface area (Å²) in [6, 6.07) is 21.8. The molecule has 1 amide bonds. The Morgan fingerprint density at radius 1 is 1.00 bits per heavy atom. The lowest BCUT2D eigenvalue weighted by Gasteiger charge is -2.20. The monoisotopic (exact) mass is 411 g/mol. The van der Waals surface area contributed by atoms with Gasteiger partial charge in [0.05, 0.1) is 0 Å². The van der Waals surface area contributed by atoms with Gasteiger partial charge in [-0.05, 0) is 78.7 Å². The van der Waals surface area contributed by atoms with Crippen LogP contribution in [-0.4, -0.2) is 39.8 Å². The third-order valence-corrected chi connectivity index (χ3v) is 6.77. The van der Waals surface area contributed by atoms with Gasteiger partial charge in [-0.2, -0.15) is 0 Å². The molecule has 3 aromatic rings. The highest BCUT2D eigenvalue weighted by Gasteiger charge is 2.25. The average Bonchev–Trinajstić information content (AvgIpc) is 3.43. The van der Waals surface area contributed by atoms with Crippen molar-refractivity contribution in [3.05, 3.63) is 89.2 Å². The van der Waals surface area contributed by atoms with E-state index in [0.717, 1.165) is 19.0 Å². The second-order valence-corrected chi connectivity index (χ2v) is 8.83. The van der Waals surface area contributed by atoms with Gasteiger partial charge in [-0.1, -0.05) is 42.5 Å². The van der Waals surface area contributed by atoms with Crippen LogP contribution in [0.3, 0.4) is 0 Å². The van der Waals surface area contributed by atoms with E-state index in [-0.39, 0.29) is 5.91 Å². The van der Waals surface area contributed by atoms with Crippen molar-refractivity contribution in [1.82, 2.24) is 14.8 Å². The number of benzene rings is 2. The summed E-state index contributed by atoms with van der Waals surface area (Å²) in [7, 11) is 0. The van der Waals surface area contributed by atoms with Gasteiger partial charge < -0.3 is 9.80 Å². The minimum atomic E-state index is -0.00461. The van der Waals surface area contributed by atoms with E-state index < -0.39 is 0 Å². The van der Waals surface area contributed by atoms with E-state index in [9.17, 15) is 4.79 Å². The van der Waals surface area contributed by atoms with Gasteiger partial charge in [0.1, 0.15) is 5.69 Å². The number of hydrogen-bond donors (Lipinski definition) is 0. The summed E-state index contributed by atoms with van der Waals surface area (Å²) in [6.07, 6.45) is 5.45. The Bertz CT molecular complexity index is 1060. The van der Waals surface area contributed by atoms with E-state index in [0.29, 0.717) is 18.8 Å². The Balaban J connectivity index is 1.25. The Morgan fingerprint density at radius 2 is 1.81 bits per heavy atom. The molecule has 0 saturated carbocycles. The lowest BCUT2D eigenvalue weighted by atomic mass is 9.99. The molecule has 1 fully saturated rings. The maximum Gasteiger partial charge on any atom is 0.273 e. The molecule has 0 spiro atoms. The zero-order chi connectivity index (χ0) is 21.2. The first-order valence-electron chi connectivity index (χ1n) is 11.3. The average molecular weight is 412 g/mol. The fourth-order valence-electron chi connectivity index (χ4n) is 4.83. The summed E-state index contributed by atoms with van der Waals surface area (Å²) in [5.41, 5.74) is 6.81. The number of amides is 1. The van der Waals surface area contributed by atoms with Crippen molar-refractivity contribution in [3.8, 4) is 11.1 Å². The van der Waals surface area contributed by atoms with Crippen LogP contribution in [0, 0.1) is 0 Å². The van der Waals surface area contributed by atoms with Gasteiger partial charge in [-0.15, -0.1) is 0 Å². The molecule has 158 valence electrons. The van der Waals surface area contributed by atoms with Crippen LogP contribution in [0.25, 0.3) is 11.1 Å². The molecule has 0 N–H and O–H groups in total. The highest BCUT2D eigenvalue weighted by atomic mass is 16.2. The fraction of sp³-hybridized carbons (Fsp3) is 0.333. The SMILES string of the molecule is C[C@@H]1CCCN1CCc1ccc(-c2ccc3c(c2)CN(C(=O)c2ccccn2)C3)cc1. The summed E-state index contributed by atoms with van der Waals surface area (Å²) >= 11 is 0. The third kappa shape index (κ3) is 4.26. The minimum Gasteiger partial charge on any atom is -0.329 e. The molecule has 0 aliphatic carbocycles. The van der Waals surface area contributed by atoms with Crippen LogP contribution < -0.4 is 0 Å². The van der Waals surface area contributed by atoms with Crippen LogP contribution in [0.5, 0.6) is 0 Å². The van der Waals surface area contributed by atoms with Crippen molar-refractivity contribution in [3.63, 3.8) is 0 Å². The summed E-state index contributed by atoms with van der Waals surface area (Å²) in [4.78, 5) is 21.4. The Hall–Kier alpha value is -2.98. The van der Waals surface area contributed by atoms with Crippen molar-refractivity contribution in [2.75, 3.05) is 13.1 Å². The topological polar surface area (TPSA) is 36.4 Å². The maximum absolute atomic E-state index is 12.7. The summed E-state index contributed by atoms with van der Waals surface area (Å²) in [5.74, 6) is -0.00461. The van der Waals surface area contributed by atoms with Gasteiger partial charge >= 0.3 is 0 Å². The number of hydrogen-bond acceptors (Lipinski definition) is 3. The summed E-state index contributed by atoms with van der Waals surface area (Å²) in [6.45, 7) is 6.03. The Morgan fingerprint density at radius 3 is 2.55 bits per heavy atom. The predicted octanol–water partition coefficient (Wildman–Crippen LogP) is 4.93. The maximum atomic E-state index is 12.7. The van der Waals surface area contributed by atoms with Crippen molar-refractivity contribution < 1.29 is 4.79 Å². The molecule has 1 atom stereocenters. The van der Waals surface area contributed by atoms with Gasteiger partial charge in [0.2, 0.25) is 0 Å². The number of pyridine rings is 1. The standard InChI is InChI=1S/C27H29N3O/c1-20-5-4-15-29(20)16-13-21-7-9-22(10-8-21)23-11-12-24-18-30(19-25(24)17-23)27(31)26-6-2-3-14-28-26/h2-3,6-12,14,17,20H,4-5,13,15-16,18-19H2,1H3/t20-/m1/s1. The van der Waals surface area contributed by atoms with Crippen LogP contribution in [-0.2, 0) is 19.5 Å². The zero-order valence-electron chi connectivity index (χ0n) is 18.1. The number of carbonyl (C=O) groups excluding carboxylic acids is 1. The molecule has 4 heteroatoms.